The number of aromatic carboxylic acids is 1. The van der Waals surface area contributed by atoms with Gasteiger partial charge in [-0.05, 0) is 57.3 Å². The molecule has 0 bridgehead atoms. The van der Waals surface area contributed by atoms with Crippen molar-refractivity contribution in [2.75, 3.05) is 5.32 Å². The summed E-state index contributed by atoms with van der Waals surface area (Å²) in [6.07, 6.45) is 2.31. The largest absolute Gasteiger partial charge is 0.478 e. The first-order valence-electron chi connectivity index (χ1n) is 10.7. The van der Waals surface area contributed by atoms with E-state index in [-0.39, 0.29) is 22.2 Å². The molecule has 3 heterocycles. The standard InChI is InChI=1S/C24H21ClF2N3O3PS2/c1-12(2)8-19-20(13-5-6-17(16(25)10-13)33-24(26,27)34)29-23(36-19)30-21-15(22(31)32)9-14(11-28-21)18-4-3-7-35-18/h3-7,9-12H,8,34H2,1-2H3,(H,31,32)(H,28,29,30). The number of nitrogens with zero attached hydrogens (tertiary/aromatic N) is 2. The maximum absolute atomic E-state index is 13.2. The number of carboxylic acids is 1. The maximum Gasteiger partial charge on any atom is 0.408 e. The van der Waals surface area contributed by atoms with E-state index in [1.807, 2.05) is 17.5 Å². The number of pyridine rings is 1. The van der Waals surface area contributed by atoms with Crippen molar-refractivity contribution in [3.63, 3.8) is 0 Å². The number of carboxylic acid groups (broad SMARTS) is 1. The van der Waals surface area contributed by atoms with Crippen LogP contribution in [0.25, 0.3) is 21.7 Å². The fourth-order valence-electron chi connectivity index (χ4n) is 3.42. The molecule has 1 unspecified atom stereocenters. The summed E-state index contributed by atoms with van der Waals surface area (Å²) in [6, 6.07) is 9.86. The molecule has 1 atom stereocenters. The monoisotopic (exact) mass is 567 g/mol. The van der Waals surface area contributed by atoms with Crippen molar-refractivity contribution in [2.45, 2.75) is 26.1 Å². The molecule has 0 amide bonds. The van der Waals surface area contributed by atoms with Gasteiger partial charge in [-0.1, -0.05) is 31.5 Å². The zero-order chi connectivity index (χ0) is 26.0. The van der Waals surface area contributed by atoms with Gasteiger partial charge in [-0.25, -0.2) is 14.8 Å². The Bertz CT molecular complexity index is 1390. The summed E-state index contributed by atoms with van der Waals surface area (Å²) in [5, 5.41) is 15.2. The van der Waals surface area contributed by atoms with E-state index in [4.69, 9.17) is 11.6 Å². The van der Waals surface area contributed by atoms with Crippen molar-refractivity contribution >= 4 is 60.4 Å². The quantitative estimate of drug-likeness (QED) is 0.199. The molecule has 0 fully saturated rings. The van der Waals surface area contributed by atoms with Crippen LogP contribution in [-0.4, -0.2) is 26.9 Å². The number of thiazole rings is 1. The van der Waals surface area contributed by atoms with Crippen LogP contribution in [0.5, 0.6) is 5.75 Å². The Morgan fingerprint density at radius 3 is 2.67 bits per heavy atom. The molecular weight excluding hydrogens is 547 g/mol. The molecular formula is C24H21ClF2N3O3PS2. The van der Waals surface area contributed by atoms with E-state index < -0.39 is 11.8 Å². The predicted octanol–water partition coefficient (Wildman–Crippen LogP) is 8.03. The summed E-state index contributed by atoms with van der Waals surface area (Å²) in [5.74, 6) is -4.23. The third kappa shape index (κ3) is 6.37. The van der Waals surface area contributed by atoms with Crippen molar-refractivity contribution in [1.29, 1.82) is 0 Å². The van der Waals surface area contributed by atoms with Gasteiger partial charge in [-0.15, -0.1) is 22.7 Å². The van der Waals surface area contributed by atoms with Crippen LogP contribution in [0.15, 0.2) is 48.0 Å². The first kappa shape index (κ1) is 26.4. The molecule has 0 spiro atoms. The van der Waals surface area contributed by atoms with Crippen molar-refractivity contribution in [1.82, 2.24) is 9.97 Å². The summed E-state index contributed by atoms with van der Waals surface area (Å²) >= 11 is 9.07. The van der Waals surface area contributed by atoms with E-state index in [0.717, 1.165) is 9.75 Å². The molecule has 0 radical (unpaired) electrons. The van der Waals surface area contributed by atoms with Crippen LogP contribution in [0.1, 0.15) is 29.1 Å². The third-order valence-corrected chi connectivity index (χ3v) is 7.22. The van der Waals surface area contributed by atoms with Gasteiger partial charge >= 0.3 is 11.8 Å². The Morgan fingerprint density at radius 2 is 2.06 bits per heavy atom. The molecule has 3 aromatic heterocycles. The zero-order valence-corrected chi connectivity index (χ0v) is 22.6. The molecule has 1 aromatic carbocycles. The molecule has 4 rings (SSSR count). The summed E-state index contributed by atoms with van der Waals surface area (Å²) < 4.78 is 31.1. The van der Waals surface area contributed by atoms with Crippen LogP contribution in [0.3, 0.4) is 0 Å². The van der Waals surface area contributed by atoms with Crippen molar-refractivity contribution in [3.05, 3.63) is 63.4 Å². The third-order valence-electron chi connectivity index (χ3n) is 4.89. The van der Waals surface area contributed by atoms with Gasteiger partial charge in [0, 0.05) is 27.1 Å². The normalized spacial score (nSPS) is 11.6. The van der Waals surface area contributed by atoms with Crippen LogP contribution in [-0.2, 0) is 6.42 Å². The molecule has 36 heavy (non-hydrogen) atoms. The Labute approximate surface area is 221 Å². The van der Waals surface area contributed by atoms with Gasteiger partial charge in [0.25, 0.3) is 0 Å². The fourth-order valence-corrected chi connectivity index (χ4v) is 5.67. The number of thiophene rings is 1. The Balaban J connectivity index is 1.69. The second-order valence-corrected chi connectivity index (χ2v) is 11.3. The lowest BCUT2D eigenvalue weighted by atomic mass is 10.0. The van der Waals surface area contributed by atoms with Crippen LogP contribution in [0.4, 0.5) is 19.7 Å². The molecule has 0 aliphatic carbocycles. The second-order valence-electron chi connectivity index (χ2n) is 8.23. The van der Waals surface area contributed by atoms with E-state index in [1.165, 1.54) is 44.0 Å². The summed E-state index contributed by atoms with van der Waals surface area (Å²) in [7, 11) is 1.31. The number of hydrogen-bond donors (Lipinski definition) is 2. The minimum atomic E-state index is -3.44. The summed E-state index contributed by atoms with van der Waals surface area (Å²) in [4.78, 5) is 22.8. The van der Waals surface area contributed by atoms with Crippen LogP contribution in [0, 0.1) is 5.92 Å². The molecule has 12 heteroatoms. The van der Waals surface area contributed by atoms with E-state index in [9.17, 15) is 18.7 Å². The lowest BCUT2D eigenvalue weighted by Crippen LogP contribution is -2.14. The number of nitrogens with one attached hydrogen (secondary N) is 1. The highest BCUT2D eigenvalue weighted by Gasteiger charge is 2.25. The zero-order valence-electron chi connectivity index (χ0n) is 19.1. The topological polar surface area (TPSA) is 84.3 Å². The molecule has 0 saturated carbocycles. The number of hydrogen-bond acceptors (Lipinski definition) is 7. The van der Waals surface area contributed by atoms with Crippen LogP contribution >= 0.6 is 43.5 Å². The summed E-state index contributed by atoms with van der Waals surface area (Å²) in [5.41, 5.74) is 1.97. The lowest BCUT2D eigenvalue weighted by molar-refractivity contribution is -0.0891. The van der Waals surface area contributed by atoms with E-state index in [2.05, 4.69) is 33.9 Å². The van der Waals surface area contributed by atoms with Gasteiger partial charge in [-0.2, -0.15) is 8.78 Å². The molecule has 4 aromatic rings. The summed E-state index contributed by atoms with van der Waals surface area (Å²) in [6.45, 7) is 4.13. The molecule has 2 N–H and O–H groups in total. The Kier molecular flexibility index (Phi) is 7.90. The predicted molar refractivity (Wildman–Crippen MR) is 144 cm³/mol. The lowest BCUT2D eigenvalue weighted by Gasteiger charge is -2.14. The molecule has 6 nitrogen and oxygen atoms in total. The highest BCUT2D eigenvalue weighted by atomic mass is 35.5. The first-order chi connectivity index (χ1) is 17.0. The van der Waals surface area contributed by atoms with E-state index in [0.29, 0.717) is 34.3 Å². The number of anilines is 2. The number of halogens is 3. The van der Waals surface area contributed by atoms with Crippen molar-refractivity contribution < 1.29 is 23.4 Å². The molecule has 188 valence electrons. The van der Waals surface area contributed by atoms with Crippen LogP contribution in [0.2, 0.25) is 5.02 Å². The maximum atomic E-state index is 13.2. The fraction of sp³-hybridized carbons (Fsp3) is 0.208. The van der Waals surface area contributed by atoms with E-state index in [1.54, 1.807) is 18.3 Å². The Hall–Kier alpha value is -2.65. The van der Waals surface area contributed by atoms with Gasteiger partial charge in [-0.3, -0.25) is 0 Å². The molecule has 0 aliphatic heterocycles. The van der Waals surface area contributed by atoms with Gasteiger partial charge in [0.05, 0.1) is 10.7 Å². The average molecular weight is 568 g/mol. The first-order valence-corrected chi connectivity index (χ1v) is 13.3. The number of ether oxygens (including phenoxy) is 1. The van der Waals surface area contributed by atoms with Crippen molar-refractivity contribution in [2.24, 2.45) is 5.92 Å². The van der Waals surface area contributed by atoms with Gasteiger partial charge in [0.2, 0.25) is 0 Å². The van der Waals surface area contributed by atoms with Gasteiger partial charge in [0.15, 0.2) is 5.13 Å². The van der Waals surface area contributed by atoms with E-state index >= 15 is 0 Å². The number of aromatic nitrogens is 2. The minimum absolute atomic E-state index is 0.0194. The minimum Gasteiger partial charge on any atom is -0.478 e. The number of alkyl halides is 2. The molecule has 0 saturated heterocycles. The van der Waals surface area contributed by atoms with Gasteiger partial charge in [0.1, 0.15) is 17.1 Å². The van der Waals surface area contributed by atoms with Gasteiger partial charge < -0.3 is 15.2 Å². The Morgan fingerprint density at radius 1 is 1.28 bits per heavy atom. The smallest absolute Gasteiger partial charge is 0.408 e. The number of rotatable bonds is 9. The molecule has 0 aliphatic rings. The van der Waals surface area contributed by atoms with Crippen LogP contribution < -0.4 is 10.1 Å². The highest BCUT2D eigenvalue weighted by Crippen LogP contribution is 2.39. The average Bonchev–Trinajstić information content (AvgIpc) is 3.44. The van der Waals surface area contributed by atoms with Crippen molar-refractivity contribution in [3.8, 4) is 27.4 Å². The SMILES string of the molecule is CC(C)Cc1sc(Nc2ncc(-c3cccs3)cc2C(=O)O)nc1-c1ccc(OC(F)(F)P)c(Cl)c1. The number of carbonyl (C=O) groups is 1. The number of benzene rings is 1. The highest BCUT2D eigenvalue weighted by molar-refractivity contribution is 7.17. The second kappa shape index (κ2) is 10.8.